The zero-order valence-corrected chi connectivity index (χ0v) is 12.5. The van der Waals surface area contributed by atoms with Gasteiger partial charge in [0.05, 0.1) is 5.70 Å². The predicted octanol–water partition coefficient (Wildman–Crippen LogP) is 5.15. The van der Waals surface area contributed by atoms with E-state index in [1.54, 1.807) is 11.8 Å². The highest BCUT2D eigenvalue weighted by molar-refractivity contribution is 6.31. The molecule has 0 atom stereocenters. The molecule has 0 heterocycles. The Morgan fingerprint density at radius 3 is 2.50 bits per heavy atom. The highest BCUT2D eigenvalue weighted by Gasteiger charge is 2.18. The third kappa shape index (κ3) is 3.17. The Bertz CT molecular complexity index is 590. The van der Waals surface area contributed by atoms with Crippen LogP contribution in [0.15, 0.2) is 43.3 Å². The van der Waals surface area contributed by atoms with E-state index in [1.807, 2.05) is 6.92 Å². The lowest BCUT2D eigenvalue weighted by atomic mass is 10.0. The van der Waals surface area contributed by atoms with Crippen LogP contribution in [0, 0.1) is 18.2 Å². The topological polar surface area (TPSA) is 27.1 Å². The minimum absolute atomic E-state index is 0.337. The van der Waals surface area contributed by atoms with E-state index >= 15 is 0 Å². The molecule has 0 aromatic heterocycles. The Morgan fingerprint density at radius 1 is 1.40 bits per heavy atom. The lowest BCUT2D eigenvalue weighted by Crippen LogP contribution is -2.20. The van der Waals surface area contributed by atoms with Crippen molar-refractivity contribution < 1.29 is 4.39 Å². The first-order valence-corrected chi connectivity index (χ1v) is 6.53. The molecule has 0 aliphatic carbocycles. The van der Waals surface area contributed by atoms with Gasteiger partial charge in [0.15, 0.2) is 0 Å². The standard InChI is InChI=1S/C16H18ClFN2/c1-6-10(2)20(11(3)9-19)13(5)15-7-14(18)8-16(17)12(15)4/h7-9,19H,2-3,5-6H2,1,4H3. The van der Waals surface area contributed by atoms with Crippen molar-refractivity contribution >= 4 is 23.5 Å². The largest absolute Gasteiger partial charge is 0.314 e. The Balaban J connectivity index is 3.36. The molecule has 106 valence electrons. The van der Waals surface area contributed by atoms with Crippen LogP contribution in [0.5, 0.6) is 0 Å². The van der Waals surface area contributed by atoms with Crippen molar-refractivity contribution in [2.24, 2.45) is 0 Å². The quantitative estimate of drug-likeness (QED) is 0.722. The van der Waals surface area contributed by atoms with Gasteiger partial charge in [0, 0.05) is 28.2 Å². The lowest BCUT2D eigenvalue weighted by molar-refractivity contribution is 0.605. The molecule has 0 spiro atoms. The van der Waals surface area contributed by atoms with Crippen LogP contribution in [0.1, 0.15) is 24.5 Å². The van der Waals surface area contributed by atoms with Crippen molar-refractivity contribution in [3.63, 3.8) is 0 Å². The number of nitrogens with one attached hydrogen (secondary N) is 1. The van der Waals surface area contributed by atoms with Crippen LogP contribution < -0.4 is 0 Å². The molecule has 1 aromatic carbocycles. The highest BCUT2D eigenvalue weighted by Crippen LogP contribution is 2.31. The van der Waals surface area contributed by atoms with Gasteiger partial charge in [-0.1, -0.05) is 38.3 Å². The molecular weight excluding hydrogens is 275 g/mol. The highest BCUT2D eigenvalue weighted by atomic mass is 35.5. The summed E-state index contributed by atoms with van der Waals surface area (Å²) in [4.78, 5) is 1.64. The number of hydrogen-bond acceptors (Lipinski definition) is 2. The third-order valence-electron chi connectivity index (χ3n) is 3.07. The van der Waals surface area contributed by atoms with Crippen molar-refractivity contribution in [3.8, 4) is 0 Å². The second-order valence-electron chi connectivity index (χ2n) is 4.40. The molecule has 0 fully saturated rings. The SMILES string of the molecule is C=C(C=N)N(C(=C)CC)C(=C)c1cc(F)cc(Cl)c1C. The smallest absolute Gasteiger partial charge is 0.125 e. The number of nitrogens with zero attached hydrogens (tertiary/aromatic N) is 1. The van der Waals surface area contributed by atoms with Gasteiger partial charge in [-0.25, -0.2) is 4.39 Å². The molecule has 0 saturated carbocycles. The summed E-state index contributed by atoms with van der Waals surface area (Å²) in [5.74, 6) is -0.431. The fourth-order valence-corrected chi connectivity index (χ4v) is 2.06. The monoisotopic (exact) mass is 292 g/mol. The van der Waals surface area contributed by atoms with E-state index in [-0.39, 0.29) is 0 Å². The van der Waals surface area contributed by atoms with E-state index in [9.17, 15) is 4.39 Å². The number of allylic oxidation sites excluding steroid dienone is 2. The predicted molar refractivity (Wildman–Crippen MR) is 84.4 cm³/mol. The zero-order valence-electron chi connectivity index (χ0n) is 11.8. The molecule has 0 aliphatic heterocycles. The van der Waals surface area contributed by atoms with E-state index in [1.165, 1.54) is 12.1 Å². The molecular formula is C16H18ClFN2. The molecule has 0 unspecified atom stereocenters. The summed E-state index contributed by atoms with van der Waals surface area (Å²) in [5.41, 5.74) is 2.95. The van der Waals surface area contributed by atoms with Crippen LogP contribution in [0.3, 0.4) is 0 Å². The normalized spacial score (nSPS) is 10.0. The van der Waals surface area contributed by atoms with Gasteiger partial charge in [0.25, 0.3) is 0 Å². The fraction of sp³-hybridized carbons (Fsp3) is 0.188. The summed E-state index contributed by atoms with van der Waals surface area (Å²) in [6.07, 6.45) is 1.77. The Labute approximate surface area is 124 Å². The van der Waals surface area contributed by atoms with Crippen LogP contribution >= 0.6 is 11.6 Å². The van der Waals surface area contributed by atoms with Gasteiger partial charge in [-0.05, 0) is 31.0 Å². The molecule has 20 heavy (non-hydrogen) atoms. The summed E-state index contributed by atoms with van der Waals surface area (Å²) >= 11 is 6.01. The zero-order chi connectivity index (χ0) is 15.4. The van der Waals surface area contributed by atoms with Crippen LogP contribution in [-0.4, -0.2) is 11.1 Å². The first-order chi connectivity index (χ1) is 9.33. The molecule has 0 aliphatic rings. The number of halogens is 2. The van der Waals surface area contributed by atoms with E-state index in [0.717, 1.165) is 17.5 Å². The van der Waals surface area contributed by atoms with Crippen LogP contribution in [0.25, 0.3) is 5.70 Å². The molecule has 0 amide bonds. The van der Waals surface area contributed by atoms with Gasteiger partial charge in [0.2, 0.25) is 0 Å². The van der Waals surface area contributed by atoms with Gasteiger partial charge in [-0.3, -0.25) is 0 Å². The fourth-order valence-electron chi connectivity index (χ4n) is 1.86. The van der Waals surface area contributed by atoms with Gasteiger partial charge in [0.1, 0.15) is 5.82 Å². The first kappa shape index (κ1) is 16.2. The Hall–Kier alpha value is -1.87. The van der Waals surface area contributed by atoms with Gasteiger partial charge in [-0.15, -0.1) is 0 Å². The minimum atomic E-state index is -0.431. The van der Waals surface area contributed by atoms with Crippen molar-refractivity contribution in [1.82, 2.24) is 4.90 Å². The van der Waals surface area contributed by atoms with Crippen molar-refractivity contribution in [2.75, 3.05) is 0 Å². The molecule has 1 aromatic rings. The molecule has 1 N–H and O–H groups in total. The maximum Gasteiger partial charge on any atom is 0.125 e. The molecule has 2 nitrogen and oxygen atoms in total. The minimum Gasteiger partial charge on any atom is -0.314 e. The second-order valence-corrected chi connectivity index (χ2v) is 4.80. The average molecular weight is 293 g/mol. The Morgan fingerprint density at radius 2 is 2.00 bits per heavy atom. The maximum absolute atomic E-state index is 13.6. The molecule has 0 bridgehead atoms. The maximum atomic E-state index is 13.6. The first-order valence-electron chi connectivity index (χ1n) is 6.15. The molecule has 4 heteroatoms. The van der Waals surface area contributed by atoms with Crippen LogP contribution in [0.4, 0.5) is 4.39 Å². The number of benzene rings is 1. The van der Waals surface area contributed by atoms with Gasteiger partial charge in [-0.2, -0.15) is 0 Å². The molecule has 0 radical (unpaired) electrons. The van der Waals surface area contributed by atoms with Gasteiger partial charge >= 0.3 is 0 Å². The molecule has 1 rings (SSSR count). The van der Waals surface area contributed by atoms with Crippen molar-refractivity contribution in [3.05, 3.63) is 65.2 Å². The van der Waals surface area contributed by atoms with Crippen molar-refractivity contribution in [1.29, 1.82) is 5.41 Å². The third-order valence-corrected chi connectivity index (χ3v) is 3.46. The summed E-state index contributed by atoms with van der Waals surface area (Å²) in [5, 5.41) is 7.69. The van der Waals surface area contributed by atoms with Crippen LogP contribution in [-0.2, 0) is 0 Å². The Kier molecular flexibility index (Phi) is 5.28. The second kappa shape index (κ2) is 6.53. The van der Waals surface area contributed by atoms with Crippen LogP contribution in [0.2, 0.25) is 5.02 Å². The summed E-state index contributed by atoms with van der Waals surface area (Å²) in [7, 11) is 0. The van der Waals surface area contributed by atoms with E-state index in [0.29, 0.717) is 28.4 Å². The lowest BCUT2D eigenvalue weighted by Gasteiger charge is -2.29. The molecule has 0 saturated heterocycles. The number of hydrogen-bond donors (Lipinski definition) is 1. The van der Waals surface area contributed by atoms with E-state index in [4.69, 9.17) is 17.0 Å². The van der Waals surface area contributed by atoms with Crippen molar-refractivity contribution in [2.45, 2.75) is 20.3 Å². The van der Waals surface area contributed by atoms with Gasteiger partial charge < -0.3 is 10.3 Å². The summed E-state index contributed by atoms with van der Waals surface area (Å²) in [6, 6.07) is 2.63. The average Bonchev–Trinajstić information content (AvgIpc) is 2.42. The summed E-state index contributed by atoms with van der Waals surface area (Å²) in [6.45, 7) is 15.4. The summed E-state index contributed by atoms with van der Waals surface area (Å²) < 4.78 is 13.6. The van der Waals surface area contributed by atoms with E-state index < -0.39 is 5.82 Å². The van der Waals surface area contributed by atoms with E-state index in [2.05, 4.69) is 19.7 Å². The number of rotatable bonds is 6.